The molecule has 0 aromatic carbocycles. The zero-order valence-electron chi connectivity index (χ0n) is 8.96. The van der Waals surface area contributed by atoms with Crippen molar-refractivity contribution in [3.8, 4) is 0 Å². The molecule has 0 spiro atoms. The second kappa shape index (κ2) is 3.66. The zero-order chi connectivity index (χ0) is 11.8. The van der Waals surface area contributed by atoms with Crippen molar-refractivity contribution in [1.29, 1.82) is 0 Å². The van der Waals surface area contributed by atoms with Gasteiger partial charge in [-0.1, -0.05) is 20.8 Å². The minimum atomic E-state index is -0.972. The maximum Gasteiger partial charge on any atom is 0.289 e. The first-order valence-electron chi connectivity index (χ1n) is 4.47. The third-order valence-corrected chi connectivity index (χ3v) is 3.36. The van der Waals surface area contributed by atoms with E-state index in [9.17, 15) is 9.59 Å². The van der Waals surface area contributed by atoms with Crippen molar-refractivity contribution >= 4 is 28.0 Å². The summed E-state index contributed by atoms with van der Waals surface area (Å²) in [5, 5.41) is 0.351. The minimum absolute atomic E-state index is 0.0883. The molecule has 15 heavy (non-hydrogen) atoms. The van der Waals surface area contributed by atoms with Crippen LogP contribution in [0.15, 0.2) is 6.07 Å². The number of amides is 1. The fourth-order valence-corrected chi connectivity index (χ4v) is 2.07. The van der Waals surface area contributed by atoms with Crippen LogP contribution in [-0.2, 0) is 10.2 Å². The van der Waals surface area contributed by atoms with Gasteiger partial charge in [-0.05, 0) is 11.5 Å². The van der Waals surface area contributed by atoms with Crippen molar-refractivity contribution in [2.24, 2.45) is 5.73 Å². The van der Waals surface area contributed by atoms with E-state index >= 15 is 0 Å². The van der Waals surface area contributed by atoms with Gasteiger partial charge < -0.3 is 11.5 Å². The number of thiophene rings is 1. The number of hydrogen-bond donors (Lipinski definition) is 2. The zero-order valence-corrected chi connectivity index (χ0v) is 9.77. The first-order valence-corrected chi connectivity index (χ1v) is 5.29. The highest BCUT2D eigenvalue weighted by Crippen LogP contribution is 2.34. The predicted octanol–water partition coefficient (Wildman–Crippen LogP) is 1.30. The maximum atomic E-state index is 11.4. The van der Waals surface area contributed by atoms with Crippen molar-refractivity contribution in [3.05, 3.63) is 16.5 Å². The molecule has 1 amide bonds. The molecule has 4 N–H and O–H groups in total. The Morgan fingerprint density at radius 2 is 1.87 bits per heavy atom. The van der Waals surface area contributed by atoms with Crippen molar-refractivity contribution < 1.29 is 9.59 Å². The van der Waals surface area contributed by atoms with Gasteiger partial charge in [-0.15, -0.1) is 11.3 Å². The molecule has 0 radical (unpaired) electrons. The van der Waals surface area contributed by atoms with E-state index in [0.29, 0.717) is 5.00 Å². The molecular weight excluding hydrogens is 212 g/mol. The first kappa shape index (κ1) is 11.7. The molecular formula is C10H14N2O2S. The molecule has 1 heterocycles. The molecule has 4 nitrogen and oxygen atoms in total. The first-order chi connectivity index (χ1) is 6.73. The number of carbonyl (C=O) groups is 2. The summed E-state index contributed by atoms with van der Waals surface area (Å²) in [5.74, 6) is -1.70. The predicted molar refractivity (Wildman–Crippen MR) is 61.0 cm³/mol. The van der Waals surface area contributed by atoms with Crippen molar-refractivity contribution in [2.45, 2.75) is 26.2 Å². The molecule has 0 atom stereocenters. The highest BCUT2D eigenvalue weighted by atomic mass is 32.1. The van der Waals surface area contributed by atoms with Crippen LogP contribution in [0.2, 0.25) is 0 Å². The Balaban J connectivity index is 3.18. The van der Waals surface area contributed by atoms with E-state index in [2.05, 4.69) is 0 Å². The Labute approximate surface area is 92.3 Å². The van der Waals surface area contributed by atoms with Crippen molar-refractivity contribution in [3.63, 3.8) is 0 Å². The van der Waals surface area contributed by atoms with E-state index in [4.69, 9.17) is 11.5 Å². The summed E-state index contributed by atoms with van der Waals surface area (Å²) < 4.78 is 0. The Morgan fingerprint density at radius 3 is 2.20 bits per heavy atom. The van der Waals surface area contributed by atoms with Crippen LogP contribution in [0.3, 0.4) is 0 Å². The fourth-order valence-electron chi connectivity index (χ4n) is 1.08. The molecule has 5 heteroatoms. The van der Waals surface area contributed by atoms with Crippen LogP contribution < -0.4 is 11.5 Å². The van der Waals surface area contributed by atoms with Crippen molar-refractivity contribution in [2.75, 3.05) is 5.73 Å². The molecule has 0 unspecified atom stereocenters. The number of nitrogen functional groups attached to an aromatic ring is 1. The van der Waals surface area contributed by atoms with Crippen LogP contribution >= 0.6 is 11.3 Å². The van der Waals surface area contributed by atoms with Gasteiger partial charge in [0.2, 0.25) is 0 Å². The summed E-state index contributed by atoms with van der Waals surface area (Å²) in [5.41, 5.74) is 10.7. The van der Waals surface area contributed by atoms with Gasteiger partial charge in [0.05, 0.1) is 10.6 Å². The number of ketones is 1. The third-order valence-electron chi connectivity index (χ3n) is 1.97. The Kier molecular flexibility index (Phi) is 2.86. The van der Waals surface area contributed by atoms with Crippen LogP contribution in [0.1, 0.15) is 36.0 Å². The molecule has 0 aliphatic carbocycles. The van der Waals surface area contributed by atoms with E-state index < -0.39 is 11.7 Å². The number of anilines is 1. The molecule has 1 aromatic rings. The Hall–Kier alpha value is -1.36. The topological polar surface area (TPSA) is 86.2 Å². The average molecular weight is 226 g/mol. The van der Waals surface area contributed by atoms with Crippen molar-refractivity contribution in [1.82, 2.24) is 0 Å². The highest BCUT2D eigenvalue weighted by Gasteiger charge is 2.23. The summed E-state index contributed by atoms with van der Waals surface area (Å²) in [6.07, 6.45) is 0. The molecule has 0 saturated heterocycles. The van der Waals surface area contributed by atoms with Gasteiger partial charge in [0, 0.05) is 4.88 Å². The fraction of sp³-hybridized carbons (Fsp3) is 0.400. The summed E-state index contributed by atoms with van der Waals surface area (Å²) in [7, 11) is 0. The number of primary amides is 1. The van der Waals surface area contributed by atoms with Crippen LogP contribution in [-0.4, -0.2) is 11.7 Å². The number of Topliss-reactive ketones (excluding diaryl/α,β-unsaturated/α-hetero) is 1. The van der Waals surface area contributed by atoms with E-state index in [1.54, 1.807) is 6.07 Å². The van der Waals surface area contributed by atoms with Gasteiger partial charge >= 0.3 is 0 Å². The summed E-state index contributed by atoms with van der Waals surface area (Å²) in [6.45, 7) is 6.03. The molecule has 0 saturated carbocycles. The second-order valence-electron chi connectivity index (χ2n) is 4.33. The molecule has 1 aromatic heterocycles. The molecule has 0 bridgehead atoms. The maximum absolute atomic E-state index is 11.4. The van der Waals surface area contributed by atoms with Gasteiger partial charge in [-0.25, -0.2) is 0 Å². The summed E-state index contributed by atoms with van der Waals surface area (Å²) in [4.78, 5) is 23.1. The Bertz CT molecular complexity index is 416. The number of nitrogens with two attached hydrogens (primary N) is 2. The van der Waals surface area contributed by atoms with E-state index in [0.717, 1.165) is 4.88 Å². The largest absolute Gasteiger partial charge is 0.390 e. The molecule has 0 aliphatic rings. The lowest BCUT2D eigenvalue weighted by Gasteiger charge is -2.14. The lowest BCUT2D eigenvalue weighted by Crippen LogP contribution is -2.23. The van der Waals surface area contributed by atoms with Gasteiger partial charge in [0.1, 0.15) is 0 Å². The summed E-state index contributed by atoms with van der Waals surface area (Å²) in [6, 6.07) is 1.65. The lowest BCUT2D eigenvalue weighted by molar-refractivity contribution is -0.114. The minimum Gasteiger partial charge on any atom is -0.390 e. The number of hydrogen-bond acceptors (Lipinski definition) is 4. The van der Waals surface area contributed by atoms with E-state index in [-0.39, 0.29) is 11.0 Å². The smallest absolute Gasteiger partial charge is 0.289 e. The standard InChI is InChI=1S/C10H14N2O2S/c1-10(2,3)6-4-5(9(12)15-6)7(13)8(11)14/h4H,12H2,1-3H3,(H2,11,14). The van der Waals surface area contributed by atoms with Crippen LogP contribution in [0.5, 0.6) is 0 Å². The molecule has 82 valence electrons. The van der Waals surface area contributed by atoms with Crippen LogP contribution in [0.25, 0.3) is 0 Å². The Morgan fingerprint density at radius 1 is 1.33 bits per heavy atom. The normalized spacial score (nSPS) is 11.4. The third kappa shape index (κ3) is 2.36. The SMILES string of the molecule is CC(C)(C)c1cc(C(=O)C(N)=O)c(N)s1. The van der Waals surface area contributed by atoms with Gasteiger partial charge in [0.25, 0.3) is 11.7 Å². The summed E-state index contributed by atoms with van der Waals surface area (Å²) >= 11 is 1.32. The molecule has 0 aliphatic heterocycles. The van der Waals surface area contributed by atoms with Crippen LogP contribution in [0.4, 0.5) is 5.00 Å². The number of carbonyl (C=O) groups excluding carboxylic acids is 2. The monoisotopic (exact) mass is 226 g/mol. The van der Waals surface area contributed by atoms with Gasteiger partial charge in [-0.3, -0.25) is 9.59 Å². The lowest BCUT2D eigenvalue weighted by atomic mass is 9.94. The van der Waals surface area contributed by atoms with E-state index in [1.807, 2.05) is 20.8 Å². The van der Waals surface area contributed by atoms with Gasteiger partial charge in [0.15, 0.2) is 0 Å². The average Bonchev–Trinajstić information content (AvgIpc) is 2.45. The quantitative estimate of drug-likeness (QED) is 0.588. The van der Waals surface area contributed by atoms with Crippen LogP contribution in [0, 0.1) is 0 Å². The highest BCUT2D eigenvalue weighted by molar-refractivity contribution is 7.16. The molecule has 1 rings (SSSR count). The second-order valence-corrected chi connectivity index (χ2v) is 5.42. The molecule has 0 fully saturated rings. The van der Waals surface area contributed by atoms with E-state index in [1.165, 1.54) is 11.3 Å². The van der Waals surface area contributed by atoms with Gasteiger partial charge in [-0.2, -0.15) is 0 Å². The number of rotatable bonds is 2.